The van der Waals surface area contributed by atoms with E-state index < -0.39 is 35.6 Å². The topological polar surface area (TPSA) is 139 Å². The molecule has 2 saturated carbocycles. The van der Waals surface area contributed by atoms with E-state index in [0.29, 0.717) is 18.9 Å². The summed E-state index contributed by atoms with van der Waals surface area (Å²) in [7, 11) is 0. The summed E-state index contributed by atoms with van der Waals surface area (Å²) < 4.78 is 0. The number of hydrogen-bond acceptors (Lipinski definition) is 5. The fourth-order valence-electron chi connectivity index (χ4n) is 4.81. The van der Waals surface area contributed by atoms with Crippen LogP contribution in [0.5, 0.6) is 0 Å². The average Bonchev–Trinajstić information content (AvgIpc) is 3.45. The highest BCUT2D eigenvalue weighted by atomic mass is 16.3. The summed E-state index contributed by atoms with van der Waals surface area (Å²) in [6.45, 7) is 10.4. The van der Waals surface area contributed by atoms with Gasteiger partial charge in [0.1, 0.15) is 6.04 Å². The van der Waals surface area contributed by atoms with Crippen molar-refractivity contribution in [3.05, 3.63) is 0 Å². The molecule has 3 amide bonds. The molecule has 0 aromatic carbocycles. The molecule has 3 fully saturated rings. The van der Waals surface area contributed by atoms with E-state index in [4.69, 9.17) is 11.5 Å². The minimum absolute atomic E-state index is 0.0289. The number of nitrogens with zero attached hydrogens (tertiary/aromatic N) is 1. The van der Waals surface area contributed by atoms with Crippen LogP contribution >= 0.6 is 0 Å². The third kappa shape index (κ3) is 4.14. The Morgan fingerprint density at radius 3 is 2.31 bits per heavy atom. The number of primary amides is 1. The first kappa shape index (κ1) is 22.0. The number of nitrogens with two attached hydrogens (primary N) is 2. The van der Waals surface area contributed by atoms with Gasteiger partial charge in [-0.3, -0.25) is 14.4 Å². The van der Waals surface area contributed by atoms with Gasteiger partial charge < -0.3 is 26.8 Å². The minimum Gasteiger partial charge on any atom is -0.381 e. The van der Waals surface area contributed by atoms with Gasteiger partial charge in [0.15, 0.2) is 6.10 Å². The molecule has 1 saturated heterocycles. The van der Waals surface area contributed by atoms with Gasteiger partial charge in [0, 0.05) is 6.54 Å². The predicted octanol–water partition coefficient (Wildman–Crippen LogP) is -0.0261. The largest absolute Gasteiger partial charge is 0.381 e. The van der Waals surface area contributed by atoms with E-state index in [1.807, 2.05) is 20.8 Å². The van der Waals surface area contributed by atoms with Crippen LogP contribution in [-0.4, -0.2) is 58.5 Å². The Kier molecular flexibility index (Phi) is 5.49. The third-order valence-electron chi connectivity index (χ3n) is 7.24. The molecular formula is C21H36N4O4. The summed E-state index contributed by atoms with van der Waals surface area (Å²) in [4.78, 5) is 39.5. The lowest BCUT2D eigenvalue weighted by atomic mass is 9.86. The van der Waals surface area contributed by atoms with Crippen LogP contribution in [-0.2, 0) is 14.4 Å². The Morgan fingerprint density at radius 2 is 1.83 bits per heavy atom. The zero-order valence-corrected chi connectivity index (χ0v) is 18.1. The van der Waals surface area contributed by atoms with Gasteiger partial charge in [-0.2, -0.15) is 0 Å². The molecule has 0 bridgehead atoms. The lowest BCUT2D eigenvalue weighted by Gasteiger charge is -2.36. The molecule has 0 spiro atoms. The number of piperidine rings is 1. The summed E-state index contributed by atoms with van der Waals surface area (Å²) >= 11 is 0. The zero-order valence-electron chi connectivity index (χ0n) is 18.1. The molecule has 6 atom stereocenters. The summed E-state index contributed by atoms with van der Waals surface area (Å²) in [5.41, 5.74) is 11.0. The molecule has 0 aromatic heterocycles. The molecule has 29 heavy (non-hydrogen) atoms. The van der Waals surface area contributed by atoms with Crippen molar-refractivity contribution in [2.75, 3.05) is 6.54 Å². The van der Waals surface area contributed by atoms with Gasteiger partial charge >= 0.3 is 0 Å². The second kappa shape index (κ2) is 7.23. The van der Waals surface area contributed by atoms with E-state index in [-0.39, 0.29) is 29.1 Å². The van der Waals surface area contributed by atoms with E-state index in [9.17, 15) is 19.5 Å². The molecule has 1 aliphatic heterocycles. The van der Waals surface area contributed by atoms with Crippen LogP contribution in [0.1, 0.15) is 53.9 Å². The van der Waals surface area contributed by atoms with E-state index in [0.717, 1.165) is 12.8 Å². The van der Waals surface area contributed by atoms with E-state index >= 15 is 0 Å². The quantitative estimate of drug-likeness (QED) is 0.469. The van der Waals surface area contributed by atoms with Crippen LogP contribution in [0.25, 0.3) is 0 Å². The fourth-order valence-corrected chi connectivity index (χ4v) is 4.81. The summed E-state index contributed by atoms with van der Waals surface area (Å²) in [5, 5.41) is 13.1. The minimum atomic E-state index is -1.44. The number of carbonyl (C=O) groups excluding carboxylic acids is 3. The molecule has 3 rings (SSSR count). The van der Waals surface area contributed by atoms with Crippen LogP contribution in [0, 0.1) is 28.6 Å². The normalized spacial score (nSPS) is 30.9. The maximum absolute atomic E-state index is 13.3. The van der Waals surface area contributed by atoms with Crippen LogP contribution in [0.2, 0.25) is 0 Å². The SMILES string of the molecule is CC(C)(C)C(N)C(=O)N1C[C@H]2[C@@H]([C@H]1C(=O)NC(CC1CC1)C(O)C(N)=O)C2(C)C. The predicted molar refractivity (Wildman–Crippen MR) is 108 cm³/mol. The second-order valence-electron chi connectivity index (χ2n) is 10.9. The van der Waals surface area contributed by atoms with Crippen LogP contribution < -0.4 is 16.8 Å². The van der Waals surface area contributed by atoms with Crippen LogP contribution in [0.15, 0.2) is 0 Å². The number of carbonyl (C=O) groups is 3. The third-order valence-corrected chi connectivity index (χ3v) is 7.24. The van der Waals surface area contributed by atoms with Crippen LogP contribution in [0.4, 0.5) is 0 Å². The van der Waals surface area contributed by atoms with E-state index in [1.165, 1.54) is 0 Å². The van der Waals surface area contributed by atoms with Gasteiger partial charge in [-0.25, -0.2) is 0 Å². The van der Waals surface area contributed by atoms with Crippen molar-refractivity contribution in [3.8, 4) is 0 Å². The summed E-state index contributed by atoms with van der Waals surface area (Å²) in [6.07, 6.45) is 1.11. The molecule has 164 valence electrons. The number of hydrogen-bond donors (Lipinski definition) is 4. The van der Waals surface area contributed by atoms with Crippen molar-refractivity contribution in [2.24, 2.45) is 40.1 Å². The highest BCUT2D eigenvalue weighted by Gasteiger charge is 2.69. The molecule has 0 radical (unpaired) electrons. The number of rotatable bonds is 7. The van der Waals surface area contributed by atoms with Gasteiger partial charge in [0.05, 0.1) is 12.1 Å². The maximum atomic E-state index is 13.3. The molecule has 3 aliphatic rings. The Morgan fingerprint density at radius 1 is 1.24 bits per heavy atom. The van der Waals surface area contributed by atoms with Crippen molar-refractivity contribution < 1.29 is 19.5 Å². The van der Waals surface area contributed by atoms with Gasteiger partial charge in [-0.15, -0.1) is 0 Å². The first-order valence-corrected chi connectivity index (χ1v) is 10.6. The number of likely N-dealkylation sites (tertiary alicyclic amines) is 1. The standard InChI is InChI=1S/C21H36N4O4/c1-20(2,3)16(22)19(29)25-9-11-13(21(11,4)5)14(25)18(28)24-12(8-10-6-7-10)15(26)17(23)27/h10-16,26H,6-9,22H2,1-5H3,(H2,23,27)(H,24,28)/t11-,12?,13-,14-,15?,16?/m0/s1. The Labute approximate surface area is 172 Å². The van der Waals surface area contributed by atoms with E-state index in [1.54, 1.807) is 4.90 Å². The molecule has 3 unspecified atom stereocenters. The number of amides is 3. The fraction of sp³-hybridized carbons (Fsp3) is 0.857. The lowest BCUT2D eigenvalue weighted by molar-refractivity contribution is -0.144. The number of nitrogens with one attached hydrogen (secondary N) is 1. The highest BCUT2D eigenvalue weighted by Crippen LogP contribution is 2.65. The molecule has 8 heteroatoms. The lowest BCUT2D eigenvalue weighted by Crippen LogP contribution is -2.59. The molecule has 2 aliphatic carbocycles. The second-order valence-corrected chi connectivity index (χ2v) is 10.9. The summed E-state index contributed by atoms with van der Waals surface area (Å²) in [6, 6.07) is -2.09. The Bertz CT molecular complexity index is 697. The highest BCUT2D eigenvalue weighted by molar-refractivity contribution is 5.92. The van der Waals surface area contributed by atoms with Gasteiger partial charge in [0.25, 0.3) is 0 Å². The van der Waals surface area contributed by atoms with Crippen LogP contribution in [0.3, 0.4) is 0 Å². The number of aliphatic hydroxyl groups excluding tert-OH is 1. The van der Waals surface area contributed by atoms with Gasteiger partial charge in [0.2, 0.25) is 17.7 Å². The van der Waals surface area contributed by atoms with E-state index in [2.05, 4.69) is 19.2 Å². The Balaban J connectivity index is 1.79. The average molecular weight is 409 g/mol. The van der Waals surface area contributed by atoms with Crippen molar-refractivity contribution in [2.45, 2.75) is 78.1 Å². The smallest absolute Gasteiger partial charge is 0.248 e. The molecule has 1 heterocycles. The molecular weight excluding hydrogens is 372 g/mol. The molecule has 6 N–H and O–H groups in total. The van der Waals surface area contributed by atoms with Gasteiger partial charge in [-0.05, 0) is 35.0 Å². The van der Waals surface area contributed by atoms with Crippen molar-refractivity contribution >= 4 is 17.7 Å². The number of aliphatic hydroxyl groups is 1. The maximum Gasteiger partial charge on any atom is 0.248 e. The Hall–Kier alpha value is -1.67. The molecule has 0 aromatic rings. The first-order chi connectivity index (χ1) is 13.3. The van der Waals surface area contributed by atoms with Crippen molar-refractivity contribution in [1.29, 1.82) is 0 Å². The van der Waals surface area contributed by atoms with Gasteiger partial charge in [-0.1, -0.05) is 47.5 Å². The number of fused-ring (bicyclic) bond motifs is 1. The monoisotopic (exact) mass is 408 g/mol. The first-order valence-electron chi connectivity index (χ1n) is 10.6. The van der Waals surface area contributed by atoms with Crippen molar-refractivity contribution in [1.82, 2.24) is 10.2 Å². The van der Waals surface area contributed by atoms with Crippen molar-refractivity contribution in [3.63, 3.8) is 0 Å². The zero-order chi connectivity index (χ0) is 21.9. The molecule has 8 nitrogen and oxygen atoms in total. The summed E-state index contributed by atoms with van der Waals surface area (Å²) in [5.74, 6) is -0.730.